The predicted molar refractivity (Wildman–Crippen MR) is 67.0 cm³/mol. The summed E-state index contributed by atoms with van der Waals surface area (Å²) in [5.74, 6) is 0. The van der Waals surface area contributed by atoms with Crippen molar-refractivity contribution in [3.05, 3.63) is 12.2 Å². The number of ether oxygens (including phenoxy) is 1. The van der Waals surface area contributed by atoms with Crippen molar-refractivity contribution in [2.45, 2.75) is 46.0 Å². The van der Waals surface area contributed by atoms with Gasteiger partial charge in [0.2, 0.25) is 0 Å². The van der Waals surface area contributed by atoms with Crippen LogP contribution in [0.4, 0.5) is 0 Å². The van der Waals surface area contributed by atoms with E-state index in [9.17, 15) is 0 Å². The van der Waals surface area contributed by atoms with E-state index in [1.807, 2.05) is 6.92 Å². The lowest BCUT2D eigenvalue weighted by Crippen LogP contribution is -2.23. The van der Waals surface area contributed by atoms with Gasteiger partial charge in [-0.15, -0.1) is 0 Å². The van der Waals surface area contributed by atoms with Crippen molar-refractivity contribution in [3.8, 4) is 0 Å². The number of hydrogen-bond donors (Lipinski definition) is 0. The Morgan fingerprint density at radius 1 is 1.20 bits per heavy atom. The summed E-state index contributed by atoms with van der Waals surface area (Å²) in [7, 11) is 2.11. The molecule has 0 aromatic carbocycles. The smallest absolute Gasteiger partial charge is 0.0992 e. The summed E-state index contributed by atoms with van der Waals surface area (Å²) in [5.41, 5.74) is 1.09. The Balaban J connectivity index is 3.18. The number of rotatable bonds is 10. The molecule has 90 valence electrons. The molecule has 2 heteroatoms. The summed E-state index contributed by atoms with van der Waals surface area (Å²) >= 11 is 0. The van der Waals surface area contributed by atoms with Crippen LogP contribution in [0.3, 0.4) is 0 Å². The van der Waals surface area contributed by atoms with E-state index in [2.05, 4.69) is 25.5 Å². The first kappa shape index (κ1) is 14.7. The highest BCUT2D eigenvalue weighted by atomic mass is 16.5. The van der Waals surface area contributed by atoms with E-state index in [1.165, 1.54) is 32.1 Å². The van der Waals surface area contributed by atoms with E-state index in [1.54, 1.807) is 0 Å². The average Bonchev–Trinajstić information content (AvgIpc) is 2.17. The van der Waals surface area contributed by atoms with Crippen molar-refractivity contribution in [3.63, 3.8) is 0 Å². The Hall–Kier alpha value is -0.340. The molecule has 0 fully saturated rings. The molecule has 0 amide bonds. The number of unbranched alkanes of at least 4 members (excludes halogenated alkanes) is 4. The highest BCUT2D eigenvalue weighted by Gasteiger charge is 1.97. The maximum atomic E-state index is 5.46. The maximum absolute atomic E-state index is 5.46. The fourth-order valence-electron chi connectivity index (χ4n) is 1.43. The van der Waals surface area contributed by atoms with Crippen LogP contribution in [-0.4, -0.2) is 31.8 Å². The van der Waals surface area contributed by atoms with E-state index in [0.29, 0.717) is 6.61 Å². The van der Waals surface area contributed by atoms with Gasteiger partial charge in [0.05, 0.1) is 13.3 Å². The zero-order valence-electron chi connectivity index (χ0n) is 10.7. The normalized spacial score (nSPS) is 10.9. The summed E-state index contributed by atoms with van der Waals surface area (Å²) in [6.45, 7) is 10.6. The van der Waals surface area contributed by atoms with Gasteiger partial charge in [0.25, 0.3) is 0 Å². The summed E-state index contributed by atoms with van der Waals surface area (Å²) in [6, 6.07) is 0. The Morgan fingerprint density at radius 2 is 1.87 bits per heavy atom. The lowest BCUT2D eigenvalue weighted by molar-refractivity contribution is 0.0554. The van der Waals surface area contributed by atoms with Gasteiger partial charge in [-0.1, -0.05) is 44.8 Å². The number of nitrogens with zero attached hydrogens (tertiary/aromatic N) is 1. The first-order valence-corrected chi connectivity index (χ1v) is 6.07. The van der Waals surface area contributed by atoms with Crippen LogP contribution in [0, 0.1) is 0 Å². The van der Waals surface area contributed by atoms with Crippen molar-refractivity contribution in [1.82, 2.24) is 4.90 Å². The second-order valence-electron chi connectivity index (χ2n) is 4.43. The van der Waals surface area contributed by atoms with Crippen molar-refractivity contribution in [2.24, 2.45) is 0 Å². The van der Waals surface area contributed by atoms with Crippen molar-refractivity contribution in [2.75, 3.05) is 26.9 Å². The van der Waals surface area contributed by atoms with E-state index in [0.717, 1.165) is 18.8 Å². The minimum Gasteiger partial charge on any atom is -0.362 e. The zero-order valence-corrected chi connectivity index (χ0v) is 10.7. The van der Waals surface area contributed by atoms with Gasteiger partial charge in [-0.25, -0.2) is 0 Å². The molecule has 0 aliphatic rings. The lowest BCUT2D eigenvalue weighted by Gasteiger charge is -2.16. The van der Waals surface area contributed by atoms with Crippen LogP contribution in [-0.2, 0) is 4.74 Å². The first-order chi connectivity index (χ1) is 7.16. The highest BCUT2D eigenvalue weighted by molar-refractivity contribution is 4.87. The summed E-state index contributed by atoms with van der Waals surface area (Å²) in [6.07, 6.45) is 6.69. The third kappa shape index (κ3) is 11.6. The first-order valence-electron chi connectivity index (χ1n) is 6.07. The maximum Gasteiger partial charge on any atom is 0.0992 e. The van der Waals surface area contributed by atoms with Gasteiger partial charge >= 0.3 is 0 Å². The monoisotopic (exact) mass is 213 g/mol. The van der Waals surface area contributed by atoms with Crippen LogP contribution >= 0.6 is 0 Å². The van der Waals surface area contributed by atoms with Crippen LogP contribution in [0.2, 0.25) is 0 Å². The Labute approximate surface area is 95.3 Å². The Kier molecular flexibility index (Phi) is 9.96. The molecule has 0 spiro atoms. The van der Waals surface area contributed by atoms with Crippen LogP contribution in [0.15, 0.2) is 12.2 Å². The molecule has 0 N–H and O–H groups in total. The molecule has 0 aromatic rings. The van der Waals surface area contributed by atoms with Crippen molar-refractivity contribution < 1.29 is 4.74 Å². The minimum atomic E-state index is 0.681. The fourth-order valence-corrected chi connectivity index (χ4v) is 1.43. The second-order valence-corrected chi connectivity index (χ2v) is 4.43. The fraction of sp³-hybridized carbons (Fsp3) is 0.846. The van der Waals surface area contributed by atoms with Crippen LogP contribution in [0.5, 0.6) is 0 Å². The SMILES string of the molecule is C=C(C)COCN(C)CCCCCCC. The summed E-state index contributed by atoms with van der Waals surface area (Å²) in [4.78, 5) is 2.23. The predicted octanol–water partition coefficient (Wildman–Crippen LogP) is 3.44. The molecule has 0 aromatic heterocycles. The van der Waals surface area contributed by atoms with Crippen LogP contribution < -0.4 is 0 Å². The largest absolute Gasteiger partial charge is 0.362 e. The molecule has 0 aliphatic carbocycles. The molecule has 0 bridgehead atoms. The third-order valence-corrected chi connectivity index (χ3v) is 2.30. The van der Waals surface area contributed by atoms with E-state index in [-0.39, 0.29) is 0 Å². The molecule has 0 radical (unpaired) electrons. The van der Waals surface area contributed by atoms with E-state index >= 15 is 0 Å². The van der Waals surface area contributed by atoms with Crippen molar-refractivity contribution >= 4 is 0 Å². The summed E-state index contributed by atoms with van der Waals surface area (Å²) in [5, 5.41) is 0. The van der Waals surface area contributed by atoms with Crippen LogP contribution in [0.25, 0.3) is 0 Å². The molecule has 0 saturated carbocycles. The molecule has 15 heavy (non-hydrogen) atoms. The minimum absolute atomic E-state index is 0.681. The quantitative estimate of drug-likeness (QED) is 0.313. The molecule has 2 nitrogen and oxygen atoms in total. The highest BCUT2D eigenvalue weighted by Crippen LogP contribution is 2.03. The van der Waals surface area contributed by atoms with Gasteiger partial charge in [0, 0.05) is 0 Å². The zero-order chi connectivity index (χ0) is 11.5. The third-order valence-electron chi connectivity index (χ3n) is 2.30. The van der Waals surface area contributed by atoms with Gasteiger partial charge in [0.1, 0.15) is 0 Å². The van der Waals surface area contributed by atoms with Gasteiger partial charge in [-0.05, 0) is 26.9 Å². The standard InChI is InChI=1S/C13H27NO/c1-5-6-7-8-9-10-14(4)12-15-11-13(2)3/h2,5-12H2,1,3-4H3. The second kappa shape index (κ2) is 10.2. The summed E-state index contributed by atoms with van der Waals surface area (Å²) < 4.78 is 5.46. The molecule has 0 heterocycles. The molecule has 0 unspecified atom stereocenters. The topological polar surface area (TPSA) is 12.5 Å². The van der Waals surface area contributed by atoms with Gasteiger partial charge in [-0.2, -0.15) is 0 Å². The van der Waals surface area contributed by atoms with Crippen LogP contribution in [0.1, 0.15) is 46.0 Å². The molecular formula is C13H27NO. The Bertz CT molecular complexity index is 157. The lowest BCUT2D eigenvalue weighted by atomic mass is 10.1. The molecular weight excluding hydrogens is 186 g/mol. The molecule has 0 aliphatic heterocycles. The molecule has 0 saturated heterocycles. The van der Waals surface area contributed by atoms with Gasteiger partial charge < -0.3 is 4.74 Å². The molecule has 0 atom stereocenters. The number of hydrogen-bond acceptors (Lipinski definition) is 2. The van der Waals surface area contributed by atoms with Gasteiger partial charge in [0.15, 0.2) is 0 Å². The Morgan fingerprint density at radius 3 is 2.47 bits per heavy atom. The van der Waals surface area contributed by atoms with E-state index in [4.69, 9.17) is 4.74 Å². The molecule has 0 rings (SSSR count). The van der Waals surface area contributed by atoms with Gasteiger partial charge in [-0.3, -0.25) is 4.90 Å². The van der Waals surface area contributed by atoms with Crippen molar-refractivity contribution in [1.29, 1.82) is 0 Å². The van der Waals surface area contributed by atoms with E-state index < -0.39 is 0 Å². The average molecular weight is 213 g/mol.